The van der Waals surface area contributed by atoms with Gasteiger partial charge in [-0.05, 0) is 0 Å². The van der Waals surface area contributed by atoms with E-state index in [0.717, 1.165) is 6.54 Å². The minimum absolute atomic E-state index is 0.298. The highest BCUT2D eigenvalue weighted by molar-refractivity contribution is 5.73. The molecule has 11 heavy (non-hydrogen) atoms. The predicted molar refractivity (Wildman–Crippen MR) is 37.8 cm³/mol. The van der Waals surface area contributed by atoms with Crippen LogP contribution in [0.5, 0.6) is 0 Å². The molecule has 0 aliphatic carbocycles. The molecule has 1 saturated heterocycles. The van der Waals surface area contributed by atoms with Gasteiger partial charge in [-0.2, -0.15) is 0 Å². The van der Waals surface area contributed by atoms with Crippen molar-refractivity contribution in [3.8, 4) is 0 Å². The Bertz CT molecular complexity index is 149. The number of carbonyl (C=O) groups is 1. The van der Waals surface area contributed by atoms with Crippen LogP contribution in [0.25, 0.3) is 0 Å². The molecule has 1 aliphatic rings. The van der Waals surface area contributed by atoms with E-state index < -0.39 is 6.10 Å². The second kappa shape index (κ2) is 3.69. The van der Waals surface area contributed by atoms with Gasteiger partial charge in [0.05, 0.1) is 26.3 Å². The molecule has 0 saturated carbocycles. The van der Waals surface area contributed by atoms with Crippen LogP contribution in [0.15, 0.2) is 0 Å². The zero-order valence-electron chi connectivity index (χ0n) is 6.62. The van der Waals surface area contributed by atoms with E-state index in [2.05, 4.69) is 4.74 Å². The lowest BCUT2D eigenvalue weighted by atomic mass is 9.96. The molecule has 0 aromatic carbocycles. The Hall–Kier alpha value is -0.610. The fourth-order valence-electron chi connectivity index (χ4n) is 1.35. The highest BCUT2D eigenvalue weighted by Crippen LogP contribution is 2.08. The van der Waals surface area contributed by atoms with Gasteiger partial charge in [0.2, 0.25) is 0 Å². The van der Waals surface area contributed by atoms with E-state index in [1.165, 1.54) is 7.11 Å². The molecule has 4 nitrogen and oxygen atoms in total. The van der Waals surface area contributed by atoms with Crippen LogP contribution >= 0.6 is 0 Å². The van der Waals surface area contributed by atoms with Crippen molar-refractivity contribution in [2.24, 2.45) is 5.92 Å². The minimum Gasteiger partial charge on any atom is -0.469 e. The summed E-state index contributed by atoms with van der Waals surface area (Å²) in [6.07, 6.45) is 0.173. The average molecular weight is 160 g/mol. The predicted octanol–water partition coefficient (Wildman–Crippen LogP) is -1.90. The highest BCUT2D eigenvalue weighted by atomic mass is 16.5. The van der Waals surface area contributed by atoms with Gasteiger partial charge >= 0.3 is 5.97 Å². The number of rotatable bonds is 1. The van der Waals surface area contributed by atoms with Crippen molar-refractivity contribution >= 4 is 5.97 Å². The van der Waals surface area contributed by atoms with Gasteiger partial charge < -0.3 is 15.2 Å². The Morgan fingerprint density at radius 3 is 3.00 bits per heavy atom. The molecule has 1 heterocycles. The zero-order valence-corrected chi connectivity index (χ0v) is 6.62. The van der Waals surface area contributed by atoms with E-state index in [1.807, 2.05) is 5.32 Å². The number of piperidine rings is 1. The van der Waals surface area contributed by atoms with E-state index >= 15 is 0 Å². The Morgan fingerprint density at radius 1 is 1.73 bits per heavy atom. The molecule has 0 radical (unpaired) electrons. The molecule has 0 bridgehead atoms. The maximum absolute atomic E-state index is 11.0. The third-order valence-corrected chi connectivity index (χ3v) is 2.06. The molecule has 1 aliphatic heterocycles. The lowest BCUT2D eigenvalue weighted by Crippen LogP contribution is -2.89. The van der Waals surface area contributed by atoms with Crippen molar-refractivity contribution < 1.29 is 20.0 Å². The molecular formula is C7H14NO3+. The summed E-state index contributed by atoms with van der Waals surface area (Å²) in [5.74, 6) is -0.623. The Balaban J connectivity index is 2.47. The van der Waals surface area contributed by atoms with E-state index in [4.69, 9.17) is 0 Å². The van der Waals surface area contributed by atoms with E-state index in [9.17, 15) is 9.90 Å². The maximum Gasteiger partial charge on any atom is 0.317 e. The number of methoxy groups -OCH3 is 1. The summed E-state index contributed by atoms with van der Waals surface area (Å²) in [6, 6.07) is 0. The van der Waals surface area contributed by atoms with Crippen molar-refractivity contribution in [3.05, 3.63) is 0 Å². The molecule has 0 unspecified atom stereocenters. The first-order valence-corrected chi connectivity index (χ1v) is 3.83. The minimum atomic E-state index is -0.507. The summed E-state index contributed by atoms with van der Waals surface area (Å²) >= 11 is 0. The Morgan fingerprint density at radius 2 is 2.45 bits per heavy atom. The monoisotopic (exact) mass is 160 g/mol. The van der Waals surface area contributed by atoms with Crippen LogP contribution in [0.1, 0.15) is 6.42 Å². The van der Waals surface area contributed by atoms with E-state index in [1.54, 1.807) is 0 Å². The van der Waals surface area contributed by atoms with Crippen LogP contribution in [0.3, 0.4) is 0 Å². The molecule has 4 heteroatoms. The molecule has 0 amide bonds. The fraction of sp³-hybridized carbons (Fsp3) is 0.857. The standard InChI is InChI=1S/C7H13NO3/c1-11-7(10)5-4-8-3-2-6(5)9/h5-6,8-9H,2-4H2,1H3/p+1/t5-,6+/m1/s1. The quantitative estimate of drug-likeness (QED) is 0.441. The number of carbonyl (C=O) groups excluding carboxylic acids is 1. The summed E-state index contributed by atoms with van der Waals surface area (Å²) in [5, 5.41) is 11.4. The number of aliphatic hydroxyl groups is 1. The number of ether oxygens (including phenoxy) is 1. The van der Waals surface area contributed by atoms with Crippen LogP contribution in [0, 0.1) is 5.92 Å². The van der Waals surface area contributed by atoms with Gasteiger partial charge in [0.15, 0.2) is 0 Å². The van der Waals surface area contributed by atoms with Crippen molar-refractivity contribution in [1.29, 1.82) is 0 Å². The third kappa shape index (κ3) is 1.91. The van der Waals surface area contributed by atoms with E-state index in [-0.39, 0.29) is 11.9 Å². The van der Waals surface area contributed by atoms with Gasteiger partial charge in [0.25, 0.3) is 0 Å². The van der Waals surface area contributed by atoms with Crippen LogP contribution in [-0.2, 0) is 9.53 Å². The molecule has 0 aromatic heterocycles. The Labute approximate surface area is 65.5 Å². The fourth-order valence-corrected chi connectivity index (χ4v) is 1.35. The van der Waals surface area contributed by atoms with E-state index in [0.29, 0.717) is 13.0 Å². The number of aliphatic hydroxyl groups excluding tert-OH is 1. The van der Waals surface area contributed by atoms with Gasteiger partial charge in [0.1, 0.15) is 5.92 Å². The Kier molecular flexibility index (Phi) is 2.84. The number of hydrogen-bond donors (Lipinski definition) is 2. The molecule has 1 fully saturated rings. The summed E-state index contributed by atoms with van der Waals surface area (Å²) in [7, 11) is 1.35. The number of nitrogens with two attached hydrogens (primary N) is 1. The first kappa shape index (κ1) is 8.49. The molecule has 0 aromatic rings. The van der Waals surface area contributed by atoms with Crippen LogP contribution in [-0.4, -0.2) is 37.4 Å². The smallest absolute Gasteiger partial charge is 0.317 e. The number of hydrogen-bond acceptors (Lipinski definition) is 3. The summed E-state index contributed by atoms with van der Waals surface area (Å²) < 4.78 is 4.54. The number of esters is 1. The summed E-state index contributed by atoms with van der Waals surface area (Å²) in [5.41, 5.74) is 0. The topological polar surface area (TPSA) is 63.1 Å². The first-order valence-electron chi connectivity index (χ1n) is 3.83. The summed E-state index contributed by atoms with van der Waals surface area (Å²) in [4.78, 5) is 11.0. The van der Waals surface area contributed by atoms with Crippen LogP contribution in [0.4, 0.5) is 0 Å². The molecule has 3 N–H and O–H groups in total. The van der Waals surface area contributed by atoms with Gasteiger partial charge in [-0.3, -0.25) is 4.79 Å². The SMILES string of the molecule is COC(=O)[C@@H]1C[NH2+]CC[C@@H]1O. The highest BCUT2D eigenvalue weighted by Gasteiger charge is 2.32. The molecule has 64 valence electrons. The average Bonchev–Trinajstić information content (AvgIpc) is 2.04. The third-order valence-electron chi connectivity index (χ3n) is 2.06. The lowest BCUT2D eigenvalue weighted by Gasteiger charge is -2.23. The zero-order chi connectivity index (χ0) is 8.27. The van der Waals surface area contributed by atoms with Gasteiger partial charge in [-0.25, -0.2) is 0 Å². The van der Waals surface area contributed by atoms with Crippen LogP contribution in [0.2, 0.25) is 0 Å². The molecule has 1 rings (SSSR count). The first-order chi connectivity index (χ1) is 5.25. The van der Waals surface area contributed by atoms with Crippen molar-refractivity contribution in [2.75, 3.05) is 20.2 Å². The maximum atomic E-state index is 11.0. The van der Waals surface area contributed by atoms with Crippen molar-refractivity contribution in [2.45, 2.75) is 12.5 Å². The lowest BCUT2D eigenvalue weighted by molar-refractivity contribution is -0.670. The largest absolute Gasteiger partial charge is 0.469 e. The molecule has 0 spiro atoms. The molecular weight excluding hydrogens is 146 g/mol. The van der Waals surface area contributed by atoms with Gasteiger partial charge in [-0.1, -0.05) is 0 Å². The van der Waals surface area contributed by atoms with Crippen molar-refractivity contribution in [3.63, 3.8) is 0 Å². The second-order valence-electron chi connectivity index (χ2n) is 2.80. The second-order valence-corrected chi connectivity index (χ2v) is 2.80. The summed E-state index contributed by atoms with van der Waals surface area (Å²) in [6.45, 7) is 1.54. The van der Waals surface area contributed by atoms with Gasteiger partial charge in [-0.15, -0.1) is 0 Å². The van der Waals surface area contributed by atoms with Gasteiger partial charge in [0, 0.05) is 6.42 Å². The normalized spacial score (nSPS) is 31.5. The van der Waals surface area contributed by atoms with Crippen LogP contribution < -0.4 is 5.32 Å². The number of quaternary nitrogens is 1. The molecule has 2 atom stereocenters. The van der Waals surface area contributed by atoms with Crippen molar-refractivity contribution in [1.82, 2.24) is 0 Å².